The maximum atomic E-state index is 10.1. The number of aromatic hydroxyl groups is 1. The second-order valence-electron chi connectivity index (χ2n) is 4.54. The first-order chi connectivity index (χ1) is 8.25. The van der Waals surface area contributed by atoms with Crippen molar-refractivity contribution in [3.05, 3.63) is 18.0 Å². The lowest BCUT2D eigenvalue weighted by atomic mass is 10.3. The van der Waals surface area contributed by atoms with Crippen molar-refractivity contribution in [1.82, 2.24) is 14.8 Å². The molecule has 5 heteroatoms. The second-order valence-corrected chi connectivity index (χ2v) is 4.54. The largest absolute Gasteiger partial charge is 0.503 e. The average Bonchev–Trinajstić information content (AvgIpc) is 2.84. The summed E-state index contributed by atoms with van der Waals surface area (Å²) < 4.78 is 7.57. The van der Waals surface area contributed by atoms with Crippen LogP contribution < -0.4 is 5.32 Å². The fraction of sp³-hybridized carbons (Fsp3) is 0.500. The van der Waals surface area contributed by atoms with E-state index >= 15 is 0 Å². The second kappa shape index (κ2) is 4.09. The molecule has 0 aliphatic carbocycles. The quantitative estimate of drug-likeness (QED) is 0.811. The molecule has 1 aliphatic rings. The van der Waals surface area contributed by atoms with Gasteiger partial charge in [0.25, 0.3) is 0 Å². The first-order valence-electron chi connectivity index (χ1n) is 5.94. The van der Waals surface area contributed by atoms with Crippen LogP contribution in [0.15, 0.2) is 16.7 Å². The molecular formula is C12H17N3O2. The molecule has 1 aliphatic heterocycles. The minimum atomic E-state index is 0.283. The fourth-order valence-corrected chi connectivity index (χ4v) is 2.37. The van der Waals surface area contributed by atoms with Crippen molar-refractivity contribution in [2.45, 2.75) is 6.54 Å². The maximum absolute atomic E-state index is 10.1. The predicted molar refractivity (Wildman–Crippen MR) is 65.0 cm³/mol. The summed E-state index contributed by atoms with van der Waals surface area (Å²) in [5, 5.41) is 13.4. The van der Waals surface area contributed by atoms with Gasteiger partial charge in [-0.2, -0.15) is 0 Å². The van der Waals surface area contributed by atoms with Crippen molar-refractivity contribution >= 4 is 11.1 Å². The Morgan fingerprint density at radius 1 is 1.41 bits per heavy atom. The van der Waals surface area contributed by atoms with Crippen molar-refractivity contribution in [3.63, 3.8) is 0 Å². The lowest BCUT2D eigenvalue weighted by Gasteiger charge is -2.26. The van der Waals surface area contributed by atoms with Crippen LogP contribution in [0.3, 0.4) is 0 Å². The Bertz CT molecular complexity index is 523. The maximum Gasteiger partial charge on any atom is 0.183 e. The van der Waals surface area contributed by atoms with Crippen LogP contribution in [0.4, 0.5) is 0 Å². The summed E-state index contributed by atoms with van der Waals surface area (Å²) >= 11 is 0. The number of aromatic nitrogens is 1. The summed E-state index contributed by atoms with van der Waals surface area (Å²) in [5.74, 6) is 0.958. The zero-order valence-electron chi connectivity index (χ0n) is 9.94. The summed E-state index contributed by atoms with van der Waals surface area (Å²) in [6.07, 6.45) is 1.89. The van der Waals surface area contributed by atoms with Gasteiger partial charge in [0.1, 0.15) is 5.52 Å². The molecule has 92 valence electrons. The molecule has 3 rings (SSSR count). The normalized spacial score (nSPS) is 17.9. The van der Waals surface area contributed by atoms with Crippen molar-refractivity contribution in [3.8, 4) is 5.75 Å². The Morgan fingerprint density at radius 3 is 2.88 bits per heavy atom. The number of hydrogen-bond acceptors (Lipinski definition) is 4. The Balaban J connectivity index is 1.87. The molecule has 0 amide bonds. The van der Waals surface area contributed by atoms with E-state index in [1.54, 1.807) is 0 Å². The molecule has 0 bridgehead atoms. The number of aryl methyl sites for hydroxylation is 1. The fourth-order valence-electron chi connectivity index (χ4n) is 2.37. The van der Waals surface area contributed by atoms with Crippen LogP contribution in [0.5, 0.6) is 5.75 Å². The number of rotatable bonds is 2. The molecule has 0 radical (unpaired) electrons. The van der Waals surface area contributed by atoms with Crippen LogP contribution in [0.1, 0.15) is 5.76 Å². The molecule has 0 saturated carbocycles. The summed E-state index contributed by atoms with van der Waals surface area (Å²) in [5.41, 5.74) is 1.55. The molecule has 0 atom stereocenters. The number of nitrogens with one attached hydrogen (secondary N) is 1. The van der Waals surface area contributed by atoms with Crippen molar-refractivity contribution in [1.29, 1.82) is 0 Å². The third-order valence-corrected chi connectivity index (χ3v) is 3.33. The molecule has 2 aromatic heterocycles. The van der Waals surface area contributed by atoms with E-state index in [-0.39, 0.29) is 5.75 Å². The predicted octanol–water partition coefficient (Wildman–Crippen LogP) is 0.882. The van der Waals surface area contributed by atoms with E-state index in [1.165, 1.54) is 0 Å². The van der Waals surface area contributed by atoms with Gasteiger partial charge >= 0.3 is 0 Å². The van der Waals surface area contributed by atoms with E-state index in [9.17, 15) is 5.11 Å². The summed E-state index contributed by atoms with van der Waals surface area (Å²) in [6, 6.07) is 1.89. The Labute approximate surface area is 99.6 Å². The monoisotopic (exact) mass is 235 g/mol. The van der Waals surface area contributed by atoms with E-state index in [0.717, 1.165) is 37.3 Å². The molecule has 1 saturated heterocycles. The van der Waals surface area contributed by atoms with E-state index in [0.29, 0.717) is 12.3 Å². The van der Waals surface area contributed by atoms with Crippen LogP contribution >= 0.6 is 0 Å². The molecule has 1 fully saturated rings. The van der Waals surface area contributed by atoms with Gasteiger partial charge in [-0.25, -0.2) is 0 Å². The molecule has 3 heterocycles. The lowest BCUT2D eigenvalue weighted by Crippen LogP contribution is -2.42. The number of nitrogens with zero attached hydrogens (tertiary/aromatic N) is 2. The van der Waals surface area contributed by atoms with Crippen molar-refractivity contribution in [2.24, 2.45) is 7.05 Å². The zero-order valence-corrected chi connectivity index (χ0v) is 9.94. The molecule has 5 nitrogen and oxygen atoms in total. The Kier molecular flexibility index (Phi) is 2.57. The zero-order chi connectivity index (χ0) is 11.8. The third-order valence-electron chi connectivity index (χ3n) is 3.33. The van der Waals surface area contributed by atoms with Crippen molar-refractivity contribution < 1.29 is 9.52 Å². The smallest absolute Gasteiger partial charge is 0.183 e. The van der Waals surface area contributed by atoms with Crippen LogP contribution in [0, 0.1) is 0 Å². The van der Waals surface area contributed by atoms with Gasteiger partial charge in [0, 0.05) is 39.4 Å². The van der Waals surface area contributed by atoms with E-state index in [2.05, 4.69) is 10.2 Å². The minimum Gasteiger partial charge on any atom is -0.503 e. The van der Waals surface area contributed by atoms with Gasteiger partial charge in [-0.1, -0.05) is 0 Å². The van der Waals surface area contributed by atoms with Gasteiger partial charge in [-0.3, -0.25) is 4.90 Å². The molecule has 0 spiro atoms. The van der Waals surface area contributed by atoms with Crippen molar-refractivity contribution in [2.75, 3.05) is 26.2 Å². The Hall–Kier alpha value is -1.46. The first-order valence-corrected chi connectivity index (χ1v) is 5.94. The highest BCUT2D eigenvalue weighted by molar-refractivity contribution is 5.82. The highest BCUT2D eigenvalue weighted by Crippen LogP contribution is 2.33. The van der Waals surface area contributed by atoms with E-state index in [1.807, 2.05) is 23.9 Å². The van der Waals surface area contributed by atoms with Gasteiger partial charge in [0.05, 0.1) is 6.54 Å². The number of hydrogen-bond donors (Lipinski definition) is 2. The minimum absolute atomic E-state index is 0.283. The number of fused-ring (bicyclic) bond motifs is 1. The van der Waals surface area contributed by atoms with Crippen LogP contribution in [0.25, 0.3) is 11.1 Å². The topological polar surface area (TPSA) is 53.6 Å². The molecule has 0 unspecified atom stereocenters. The summed E-state index contributed by atoms with van der Waals surface area (Å²) in [4.78, 5) is 2.29. The highest BCUT2D eigenvalue weighted by Gasteiger charge is 2.19. The van der Waals surface area contributed by atoms with E-state index < -0.39 is 0 Å². The molecule has 2 aromatic rings. The highest BCUT2D eigenvalue weighted by atomic mass is 16.4. The van der Waals surface area contributed by atoms with Crippen LogP contribution in [-0.2, 0) is 13.6 Å². The van der Waals surface area contributed by atoms with Gasteiger partial charge < -0.3 is 19.4 Å². The first kappa shape index (κ1) is 10.7. The van der Waals surface area contributed by atoms with Gasteiger partial charge in [-0.15, -0.1) is 0 Å². The van der Waals surface area contributed by atoms with Gasteiger partial charge in [-0.05, 0) is 6.07 Å². The van der Waals surface area contributed by atoms with Gasteiger partial charge in [0.15, 0.2) is 17.1 Å². The van der Waals surface area contributed by atoms with Gasteiger partial charge in [0.2, 0.25) is 0 Å². The SMILES string of the molecule is Cn1ccc2oc(CN3CCNCC3)c(O)c21. The molecule has 2 N–H and O–H groups in total. The number of piperazine rings is 1. The molecular weight excluding hydrogens is 218 g/mol. The summed E-state index contributed by atoms with van der Waals surface area (Å²) in [6.45, 7) is 4.68. The Morgan fingerprint density at radius 2 is 2.18 bits per heavy atom. The molecule has 0 aromatic carbocycles. The van der Waals surface area contributed by atoms with Crippen LogP contribution in [-0.4, -0.2) is 40.8 Å². The molecule has 17 heavy (non-hydrogen) atoms. The number of furan rings is 1. The third kappa shape index (κ3) is 1.81. The standard InChI is InChI=1S/C12H17N3O2/c1-14-5-2-9-11(14)12(16)10(17-9)8-15-6-3-13-4-7-15/h2,5,13,16H,3-4,6-8H2,1H3. The van der Waals surface area contributed by atoms with E-state index in [4.69, 9.17) is 4.42 Å². The lowest BCUT2D eigenvalue weighted by molar-refractivity contribution is 0.214. The summed E-state index contributed by atoms with van der Waals surface area (Å²) in [7, 11) is 1.91. The average molecular weight is 235 g/mol. The van der Waals surface area contributed by atoms with Crippen LogP contribution in [0.2, 0.25) is 0 Å².